The third kappa shape index (κ3) is 2.53. The van der Waals surface area contributed by atoms with E-state index in [1.165, 1.54) is 24.3 Å². The summed E-state index contributed by atoms with van der Waals surface area (Å²) >= 11 is 0. The molecule has 0 aliphatic carbocycles. The zero-order chi connectivity index (χ0) is 10.6. The Morgan fingerprint density at radius 3 is 2.50 bits per heavy atom. The Hall–Kier alpha value is -1.42. The summed E-state index contributed by atoms with van der Waals surface area (Å²) in [6.45, 7) is 2.37. The Morgan fingerprint density at radius 1 is 1.50 bits per heavy atom. The summed E-state index contributed by atoms with van der Waals surface area (Å²) in [6, 6.07) is 4.68. The molecule has 76 valence electrons. The highest BCUT2D eigenvalue weighted by molar-refractivity contribution is 5.75. The Kier molecular flexibility index (Phi) is 3.59. The monoisotopic (exact) mass is 197 g/mol. The third-order valence-electron chi connectivity index (χ3n) is 1.86. The van der Waals surface area contributed by atoms with Gasteiger partial charge in [-0.25, -0.2) is 4.39 Å². The molecule has 0 aromatic heterocycles. The zero-order valence-electron chi connectivity index (χ0n) is 7.83. The summed E-state index contributed by atoms with van der Waals surface area (Å²) in [5, 5.41) is 11.7. The van der Waals surface area contributed by atoms with Crippen LogP contribution in [0.4, 0.5) is 4.39 Å². The molecule has 1 aromatic rings. The molecule has 0 aliphatic rings. The van der Waals surface area contributed by atoms with Crippen molar-refractivity contribution < 1.29 is 14.3 Å². The summed E-state index contributed by atoms with van der Waals surface area (Å²) in [5.74, 6) is -1.33. The molecule has 0 radical (unpaired) electrons. The minimum absolute atomic E-state index is 0.366. The molecule has 3 nitrogen and oxygen atoms in total. The molecule has 4 heteroatoms. The third-order valence-corrected chi connectivity index (χ3v) is 1.86. The second kappa shape index (κ2) is 4.72. The van der Waals surface area contributed by atoms with Crippen molar-refractivity contribution in [3.8, 4) is 0 Å². The van der Waals surface area contributed by atoms with Crippen LogP contribution in [0.25, 0.3) is 0 Å². The van der Waals surface area contributed by atoms with Gasteiger partial charge in [-0.3, -0.25) is 4.79 Å². The first kappa shape index (κ1) is 10.7. The average molecular weight is 197 g/mol. The molecule has 0 saturated carbocycles. The Balaban J connectivity index is 2.87. The van der Waals surface area contributed by atoms with E-state index in [0.29, 0.717) is 12.1 Å². The van der Waals surface area contributed by atoms with Crippen LogP contribution in [0.5, 0.6) is 0 Å². The van der Waals surface area contributed by atoms with E-state index in [1.54, 1.807) is 0 Å². The average Bonchev–Trinajstić information content (AvgIpc) is 2.15. The maximum absolute atomic E-state index is 12.6. The molecule has 0 bridgehead atoms. The molecule has 2 N–H and O–H groups in total. The maximum atomic E-state index is 12.6. The number of carbonyl (C=O) groups is 1. The van der Waals surface area contributed by atoms with Gasteiger partial charge in [0.05, 0.1) is 0 Å². The minimum atomic E-state index is -0.960. The van der Waals surface area contributed by atoms with E-state index in [-0.39, 0.29) is 5.82 Å². The number of carboxylic acid groups (broad SMARTS) is 1. The summed E-state index contributed by atoms with van der Waals surface area (Å²) in [5.41, 5.74) is 0.556. The number of likely N-dealkylation sites (N-methyl/N-ethyl adjacent to an activating group) is 1. The van der Waals surface area contributed by atoms with Crippen LogP contribution in [0.1, 0.15) is 18.5 Å². The second-order valence-corrected chi connectivity index (χ2v) is 2.88. The summed E-state index contributed by atoms with van der Waals surface area (Å²) in [7, 11) is 0. The molecule has 0 unspecified atom stereocenters. The van der Waals surface area contributed by atoms with Crippen LogP contribution in [0, 0.1) is 5.82 Å². The van der Waals surface area contributed by atoms with Crippen LogP contribution in [-0.4, -0.2) is 17.6 Å². The molecule has 1 atom stereocenters. The van der Waals surface area contributed by atoms with Crippen molar-refractivity contribution >= 4 is 5.97 Å². The topological polar surface area (TPSA) is 49.3 Å². The maximum Gasteiger partial charge on any atom is 0.325 e. The van der Waals surface area contributed by atoms with Gasteiger partial charge in [0, 0.05) is 0 Å². The first-order valence-corrected chi connectivity index (χ1v) is 4.36. The number of nitrogens with one attached hydrogen (secondary N) is 1. The number of hydrogen-bond donors (Lipinski definition) is 2. The van der Waals surface area contributed by atoms with Gasteiger partial charge in [-0.2, -0.15) is 0 Å². The highest BCUT2D eigenvalue weighted by atomic mass is 19.1. The zero-order valence-corrected chi connectivity index (χ0v) is 7.83. The highest BCUT2D eigenvalue weighted by Gasteiger charge is 2.17. The number of carboxylic acids is 1. The lowest BCUT2D eigenvalue weighted by atomic mass is 10.1. The quantitative estimate of drug-likeness (QED) is 0.770. The summed E-state index contributed by atoms with van der Waals surface area (Å²) in [4.78, 5) is 10.8. The molecule has 0 aliphatic heterocycles. The Morgan fingerprint density at radius 2 is 2.07 bits per heavy atom. The molecule has 0 amide bonds. The van der Waals surface area contributed by atoms with Gasteiger partial charge >= 0.3 is 5.97 Å². The Bertz CT molecular complexity index is 310. The van der Waals surface area contributed by atoms with Gasteiger partial charge in [-0.1, -0.05) is 19.1 Å². The fraction of sp³-hybridized carbons (Fsp3) is 0.300. The van der Waals surface area contributed by atoms with Gasteiger partial charge in [-0.15, -0.1) is 0 Å². The van der Waals surface area contributed by atoms with Gasteiger partial charge in [-0.05, 0) is 24.2 Å². The van der Waals surface area contributed by atoms with Gasteiger partial charge in [0.25, 0.3) is 0 Å². The molecule has 0 saturated heterocycles. The fourth-order valence-corrected chi connectivity index (χ4v) is 1.21. The number of halogens is 1. The van der Waals surface area contributed by atoms with Gasteiger partial charge in [0.1, 0.15) is 11.9 Å². The number of benzene rings is 1. The first-order chi connectivity index (χ1) is 6.65. The van der Waals surface area contributed by atoms with Gasteiger partial charge in [0.15, 0.2) is 0 Å². The minimum Gasteiger partial charge on any atom is -0.480 e. The van der Waals surface area contributed by atoms with Crippen LogP contribution in [0.2, 0.25) is 0 Å². The van der Waals surface area contributed by atoms with Crippen molar-refractivity contribution in [1.29, 1.82) is 0 Å². The van der Waals surface area contributed by atoms with Crippen LogP contribution < -0.4 is 5.32 Å². The van der Waals surface area contributed by atoms with Crippen molar-refractivity contribution in [2.24, 2.45) is 0 Å². The van der Waals surface area contributed by atoms with Crippen molar-refractivity contribution in [2.45, 2.75) is 13.0 Å². The molecule has 14 heavy (non-hydrogen) atoms. The largest absolute Gasteiger partial charge is 0.480 e. The highest BCUT2D eigenvalue weighted by Crippen LogP contribution is 2.13. The van der Waals surface area contributed by atoms with E-state index in [2.05, 4.69) is 5.32 Å². The van der Waals surface area contributed by atoms with Gasteiger partial charge in [0.2, 0.25) is 0 Å². The van der Waals surface area contributed by atoms with E-state index in [9.17, 15) is 9.18 Å². The predicted molar refractivity (Wildman–Crippen MR) is 50.5 cm³/mol. The molecule has 0 heterocycles. The van der Waals surface area contributed by atoms with Crippen LogP contribution >= 0.6 is 0 Å². The van der Waals surface area contributed by atoms with Crippen molar-refractivity contribution in [2.75, 3.05) is 6.54 Å². The van der Waals surface area contributed by atoms with E-state index in [4.69, 9.17) is 5.11 Å². The van der Waals surface area contributed by atoms with Gasteiger partial charge < -0.3 is 10.4 Å². The molecular weight excluding hydrogens is 185 g/mol. The normalized spacial score (nSPS) is 12.4. The first-order valence-electron chi connectivity index (χ1n) is 4.36. The lowest BCUT2D eigenvalue weighted by Crippen LogP contribution is -2.28. The number of aliphatic carboxylic acids is 1. The molecule has 0 fully saturated rings. The standard InChI is InChI=1S/C10H12FNO2/c1-2-12-9(10(13)14)7-3-5-8(11)6-4-7/h3-6,9,12H,2H2,1H3,(H,13,14)/t9-/m1/s1. The summed E-state index contributed by atoms with van der Waals surface area (Å²) in [6.07, 6.45) is 0. The molecule has 0 spiro atoms. The summed E-state index contributed by atoms with van der Waals surface area (Å²) < 4.78 is 12.6. The van der Waals surface area contributed by atoms with E-state index < -0.39 is 12.0 Å². The van der Waals surface area contributed by atoms with E-state index in [0.717, 1.165) is 0 Å². The van der Waals surface area contributed by atoms with Crippen LogP contribution in [-0.2, 0) is 4.79 Å². The second-order valence-electron chi connectivity index (χ2n) is 2.88. The number of hydrogen-bond acceptors (Lipinski definition) is 2. The van der Waals surface area contributed by atoms with Crippen molar-refractivity contribution in [1.82, 2.24) is 5.32 Å². The van der Waals surface area contributed by atoms with Crippen LogP contribution in [0.3, 0.4) is 0 Å². The lowest BCUT2D eigenvalue weighted by Gasteiger charge is -2.12. The van der Waals surface area contributed by atoms with Crippen molar-refractivity contribution in [3.05, 3.63) is 35.6 Å². The molecule has 1 aromatic carbocycles. The Labute approximate surface area is 81.6 Å². The van der Waals surface area contributed by atoms with E-state index >= 15 is 0 Å². The SMILES string of the molecule is CCN[C@@H](C(=O)O)c1ccc(F)cc1. The van der Waals surface area contributed by atoms with Crippen LogP contribution in [0.15, 0.2) is 24.3 Å². The molecular formula is C10H12FNO2. The number of rotatable bonds is 4. The lowest BCUT2D eigenvalue weighted by molar-refractivity contribution is -0.139. The van der Waals surface area contributed by atoms with E-state index in [1.807, 2.05) is 6.92 Å². The van der Waals surface area contributed by atoms with Crippen molar-refractivity contribution in [3.63, 3.8) is 0 Å². The molecule has 1 rings (SSSR count). The smallest absolute Gasteiger partial charge is 0.325 e. The predicted octanol–water partition coefficient (Wildman–Crippen LogP) is 1.56. The fourth-order valence-electron chi connectivity index (χ4n) is 1.21.